The molecule has 2 heterocycles. The summed E-state index contributed by atoms with van der Waals surface area (Å²) in [7, 11) is 0. The van der Waals surface area contributed by atoms with Crippen molar-refractivity contribution in [1.82, 2.24) is 0 Å². The molecule has 0 spiro atoms. The van der Waals surface area contributed by atoms with E-state index in [1.807, 2.05) is 18.2 Å². The van der Waals surface area contributed by atoms with E-state index in [4.69, 9.17) is 19.9 Å². The van der Waals surface area contributed by atoms with Crippen molar-refractivity contribution in [2.24, 2.45) is 11.7 Å². The monoisotopic (exact) mass is 249 g/mol. The highest BCUT2D eigenvalue weighted by Gasteiger charge is 2.31. The van der Waals surface area contributed by atoms with Crippen LogP contribution in [-0.4, -0.2) is 25.9 Å². The number of rotatable bonds is 2. The van der Waals surface area contributed by atoms with Crippen LogP contribution in [0.15, 0.2) is 18.2 Å². The predicted molar refractivity (Wildman–Crippen MR) is 67.9 cm³/mol. The average Bonchev–Trinajstić information content (AvgIpc) is 2.83. The van der Waals surface area contributed by atoms with Crippen LogP contribution in [0.2, 0.25) is 0 Å². The summed E-state index contributed by atoms with van der Waals surface area (Å²) < 4.78 is 16.8. The van der Waals surface area contributed by atoms with Crippen LogP contribution in [0.5, 0.6) is 11.5 Å². The lowest BCUT2D eigenvalue weighted by molar-refractivity contribution is 0.0723. The molecule has 0 aliphatic carbocycles. The van der Waals surface area contributed by atoms with E-state index in [9.17, 15) is 0 Å². The summed E-state index contributed by atoms with van der Waals surface area (Å²) in [5.41, 5.74) is 7.36. The molecule has 2 aliphatic heterocycles. The van der Waals surface area contributed by atoms with Crippen molar-refractivity contribution in [1.29, 1.82) is 0 Å². The Bertz CT molecular complexity index is 435. The Morgan fingerprint density at radius 3 is 2.67 bits per heavy atom. The fourth-order valence-corrected chi connectivity index (χ4v) is 2.63. The van der Waals surface area contributed by atoms with Crippen molar-refractivity contribution in [3.05, 3.63) is 23.8 Å². The first-order valence-corrected chi connectivity index (χ1v) is 6.52. The van der Waals surface area contributed by atoms with E-state index in [1.165, 1.54) is 0 Å². The average molecular weight is 249 g/mol. The van der Waals surface area contributed by atoms with Crippen molar-refractivity contribution in [3.63, 3.8) is 0 Å². The van der Waals surface area contributed by atoms with Crippen LogP contribution >= 0.6 is 0 Å². The first kappa shape index (κ1) is 11.8. The van der Waals surface area contributed by atoms with Gasteiger partial charge in [-0.2, -0.15) is 0 Å². The molecular formula is C14H19NO3. The van der Waals surface area contributed by atoms with Gasteiger partial charge in [-0.05, 0) is 30.0 Å². The third kappa shape index (κ3) is 2.06. The fraction of sp³-hybridized carbons (Fsp3) is 0.571. The Morgan fingerprint density at radius 1 is 1.17 bits per heavy atom. The van der Waals surface area contributed by atoms with Crippen molar-refractivity contribution < 1.29 is 14.2 Å². The first-order valence-electron chi connectivity index (χ1n) is 6.52. The van der Waals surface area contributed by atoms with Crippen LogP contribution < -0.4 is 15.2 Å². The molecule has 0 radical (unpaired) electrons. The van der Waals surface area contributed by atoms with Crippen LogP contribution in [0.4, 0.5) is 0 Å². The zero-order chi connectivity index (χ0) is 12.5. The van der Waals surface area contributed by atoms with E-state index in [0.29, 0.717) is 19.1 Å². The lowest BCUT2D eigenvalue weighted by Gasteiger charge is -2.25. The lowest BCUT2D eigenvalue weighted by Crippen LogP contribution is -2.30. The van der Waals surface area contributed by atoms with Crippen molar-refractivity contribution in [2.75, 3.05) is 19.8 Å². The molecule has 1 aromatic rings. The van der Waals surface area contributed by atoms with Crippen LogP contribution in [-0.2, 0) is 4.74 Å². The van der Waals surface area contributed by atoms with Gasteiger partial charge in [-0.3, -0.25) is 0 Å². The molecule has 2 aliphatic rings. The molecule has 1 fully saturated rings. The third-order valence-electron chi connectivity index (χ3n) is 3.75. The standard InChI is InChI=1S/C14H19NO3/c1-9-4-5-18-14(9)13(15)10-2-3-11-12(8-10)17-7-6-16-11/h2-3,8-9,13-14H,4-7,15H2,1H3. The molecule has 0 amide bonds. The van der Waals surface area contributed by atoms with E-state index in [2.05, 4.69) is 6.92 Å². The SMILES string of the molecule is CC1CCOC1C(N)c1ccc2c(c1)OCCO2. The third-order valence-corrected chi connectivity index (χ3v) is 3.75. The van der Waals surface area contributed by atoms with Crippen LogP contribution in [0, 0.1) is 5.92 Å². The quantitative estimate of drug-likeness (QED) is 0.869. The molecule has 3 atom stereocenters. The summed E-state index contributed by atoms with van der Waals surface area (Å²) in [6.45, 7) is 4.21. The van der Waals surface area contributed by atoms with Crippen molar-refractivity contribution in [3.8, 4) is 11.5 Å². The topological polar surface area (TPSA) is 53.7 Å². The van der Waals surface area contributed by atoms with E-state index in [1.54, 1.807) is 0 Å². The number of hydrogen-bond donors (Lipinski definition) is 1. The van der Waals surface area contributed by atoms with Crippen LogP contribution in [0.1, 0.15) is 24.9 Å². The Balaban J connectivity index is 1.83. The van der Waals surface area contributed by atoms with Gasteiger partial charge in [0.2, 0.25) is 0 Å². The minimum atomic E-state index is -0.0988. The molecule has 0 bridgehead atoms. The molecule has 1 aromatic carbocycles. The minimum Gasteiger partial charge on any atom is -0.486 e. The summed E-state index contributed by atoms with van der Waals surface area (Å²) in [5.74, 6) is 2.10. The second-order valence-electron chi connectivity index (χ2n) is 5.03. The van der Waals surface area contributed by atoms with Crippen molar-refractivity contribution in [2.45, 2.75) is 25.5 Å². The number of hydrogen-bond acceptors (Lipinski definition) is 4. The maximum Gasteiger partial charge on any atom is 0.161 e. The summed E-state index contributed by atoms with van der Waals surface area (Å²) in [5, 5.41) is 0. The molecule has 4 heteroatoms. The highest BCUT2D eigenvalue weighted by molar-refractivity contribution is 5.44. The molecular weight excluding hydrogens is 230 g/mol. The van der Waals surface area contributed by atoms with Gasteiger partial charge in [-0.15, -0.1) is 0 Å². The Kier molecular flexibility index (Phi) is 3.14. The largest absolute Gasteiger partial charge is 0.486 e. The summed E-state index contributed by atoms with van der Waals surface area (Å²) in [6.07, 6.45) is 1.19. The highest BCUT2D eigenvalue weighted by Crippen LogP contribution is 2.35. The number of nitrogens with two attached hydrogens (primary N) is 1. The predicted octanol–water partition coefficient (Wildman–Crippen LogP) is 1.88. The Hall–Kier alpha value is -1.26. The highest BCUT2D eigenvalue weighted by atomic mass is 16.6. The van der Waals surface area contributed by atoms with Gasteiger partial charge >= 0.3 is 0 Å². The Labute approximate surface area is 107 Å². The number of ether oxygens (including phenoxy) is 3. The summed E-state index contributed by atoms with van der Waals surface area (Å²) in [4.78, 5) is 0. The molecule has 0 saturated carbocycles. The van der Waals surface area contributed by atoms with E-state index in [-0.39, 0.29) is 12.1 Å². The molecule has 4 nitrogen and oxygen atoms in total. The van der Waals surface area contributed by atoms with E-state index in [0.717, 1.165) is 30.1 Å². The molecule has 3 unspecified atom stereocenters. The first-order chi connectivity index (χ1) is 8.75. The maximum atomic E-state index is 6.30. The Morgan fingerprint density at radius 2 is 1.94 bits per heavy atom. The maximum absolute atomic E-state index is 6.30. The lowest BCUT2D eigenvalue weighted by atomic mass is 9.93. The van der Waals surface area contributed by atoms with Crippen molar-refractivity contribution >= 4 is 0 Å². The van der Waals surface area contributed by atoms with Gasteiger partial charge < -0.3 is 19.9 Å². The van der Waals surface area contributed by atoms with Gasteiger partial charge in [0.25, 0.3) is 0 Å². The minimum absolute atomic E-state index is 0.0988. The number of benzene rings is 1. The van der Waals surface area contributed by atoms with Crippen LogP contribution in [0.3, 0.4) is 0 Å². The zero-order valence-corrected chi connectivity index (χ0v) is 10.6. The molecule has 2 N–H and O–H groups in total. The van der Waals surface area contributed by atoms with E-state index < -0.39 is 0 Å². The van der Waals surface area contributed by atoms with Crippen LogP contribution in [0.25, 0.3) is 0 Å². The second-order valence-corrected chi connectivity index (χ2v) is 5.03. The fourth-order valence-electron chi connectivity index (χ4n) is 2.63. The summed E-state index contributed by atoms with van der Waals surface area (Å²) in [6, 6.07) is 5.82. The van der Waals surface area contributed by atoms with Gasteiger partial charge in [-0.1, -0.05) is 13.0 Å². The molecule has 3 rings (SSSR count). The smallest absolute Gasteiger partial charge is 0.161 e. The molecule has 0 aromatic heterocycles. The van der Waals surface area contributed by atoms with Gasteiger partial charge in [0, 0.05) is 6.61 Å². The zero-order valence-electron chi connectivity index (χ0n) is 10.6. The number of fused-ring (bicyclic) bond motifs is 1. The normalized spacial score (nSPS) is 28.1. The summed E-state index contributed by atoms with van der Waals surface area (Å²) >= 11 is 0. The second kappa shape index (κ2) is 4.78. The van der Waals surface area contributed by atoms with Gasteiger partial charge in [-0.25, -0.2) is 0 Å². The van der Waals surface area contributed by atoms with Gasteiger partial charge in [0.15, 0.2) is 11.5 Å². The molecule has 18 heavy (non-hydrogen) atoms. The van der Waals surface area contributed by atoms with Gasteiger partial charge in [0.05, 0.1) is 12.1 Å². The molecule has 98 valence electrons. The molecule has 1 saturated heterocycles. The van der Waals surface area contributed by atoms with Gasteiger partial charge in [0.1, 0.15) is 13.2 Å². The van der Waals surface area contributed by atoms with E-state index >= 15 is 0 Å².